The van der Waals surface area contributed by atoms with Gasteiger partial charge in [-0.3, -0.25) is 9.80 Å². The third-order valence-corrected chi connectivity index (χ3v) is 6.29. The number of hydrogen-bond donors (Lipinski definition) is 0. The van der Waals surface area contributed by atoms with Crippen molar-refractivity contribution in [1.29, 1.82) is 0 Å². The highest BCUT2D eigenvalue weighted by Crippen LogP contribution is 2.30. The molecule has 27 heavy (non-hydrogen) atoms. The molecule has 0 spiro atoms. The van der Waals surface area contributed by atoms with Gasteiger partial charge in [0, 0.05) is 50.2 Å². The average Bonchev–Trinajstić information content (AvgIpc) is 3.14. The Balaban J connectivity index is 1.31. The van der Waals surface area contributed by atoms with E-state index in [0.717, 1.165) is 60.6 Å². The number of aryl methyl sites for hydroxylation is 1. The molecule has 5 heteroatoms. The summed E-state index contributed by atoms with van der Waals surface area (Å²) < 4.78 is 0. The van der Waals surface area contributed by atoms with E-state index in [0.29, 0.717) is 0 Å². The number of rotatable bonds is 5. The number of hydrogen-bond acceptors (Lipinski definition) is 4. The number of aromatic nitrogens is 1. The Morgan fingerprint density at radius 3 is 2.30 bits per heavy atom. The Labute approximate surface area is 170 Å². The minimum atomic E-state index is 0.767. The van der Waals surface area contributed by atoms with Gasteiger partial charge in [0.25, 0.3) is 0 Å². The van der Waals surface area contributed by atoms with E-state index < -0.39 is 0 Å². The molecule has 2 aromatic carbocycles. The number of piperazine rings is 1. The zero-order valence-corrected chi connectivity index (χ0v) is 17.1. The summed E-state index contributed by atoms with van der Waals surface area (Å²) in [5, 5.41) is 3.94. The second-order valence-corrected chi connectivity index (χ2v) is 8.43. The van der Waals surface area contributed by atoms with Crippen molar-refractivity contribution in [2.45, 2.75) is 20.0 Å². The van der Waals surface area contributed by atoms with Gasteiger partial charge in [0.15, 0.2) is 0 Å². The largest absolute Gasteiger partial charge is 0.297 e. The standard InChI is InChI=1S/C22H24ClN3S/c1-17-6-8-18(9-7-17)14-25-10-12-26(13-11-25)15-19-16-27-22(24-19)20-4-2-3-5-21(20)23/h2-9,16H,10-15H2,1H3. The number of thiazole rings is 1. The predicted molar refractivity (Wildman–Crippen MR) is 114 cm³/mol. The van der Waals surface area contributed by atoms with Crippen molar-refractivity contribution in [1.82, 2.24) is 14.8 Å². The van der Waals surface area contributed by atoms with Gasteiger partial charge in [-0.1, -0.05) is 59.6 Å². The van der Waals surface area contributed by atoms with Crippen molar-refractivity contribution in [2.75, 3.05) is 26.2 Å². The molecule has 1 aliphatic rings. The molecule has 1 aliphatic heterocycles. The molecule has 140 valence electrons. The molecule has 0 aliphatic carbocycles. The van der Waals surface area contributed by atoms with Crippen LogP contribution in [-0.2, 0) is 13.1 Å². The summed E-state index contributed by atoms with van der Waals surface area (Å²) in [6.07, 6.45) is 0. The van der Waals surface area contributed by atoms with E-state index >= 15 is 0 Å². The quantitative estimate of drug-likeness (QED) is 0.597. The van der Waals surface area contributed by atoms with E-state index in [2.05, 4.69) is 46.4 Å². The second-order valence-electron chi connectivity index (χ2n) is 7.16. The van der Waals surface area contributed by atoms with Crippen LogP contribution >= 0.6 is 22.9 Å². The van der Waals surface area contributed by atoms with Gasteiger partial charge in [-0.2, -0.15) is 0 Å². The molecule has 1 saturated heterocycles. The molecule has 2 heterocycles. The van der Waals surface area contributed by atoms with Crippen molar-refractivity contribution < 1.29 is 0 Å². The van der Waals surface area contributed by atoms with Gasteiger partial charge in [-0.05, 0) is 18.6 Å². The molecule has 3 nitrogen and oxygen atoms in total. The maximum absolute atomic E-state index is 6.30. The summed E-state index contributed by atoms with van der Waals surface area (Å²) in [5.41, 5.74) is 4.89. The van der Waals surface area contributed by atoms with E-state index in [4.69, 9.17) is 16.6 Å². The topological polar surface area (TPSA) is 19.4 Å². The highest BCUT2D eigenvalue weighted by atomic mass is 35.5. The van der Waals surface area contributed by atoms with E-state index in [1.165, 1.54) is 11.1 Å². The van der Waals surface area contributed by atoms with E-state index in [-0.39, 0.29) is 0 Å². The molecule has 0 amide bonds. The summed E-state index contributed by atoms with van der Waals surface area (Å²) in [6.45, 7) is 8.49. The van der Waals surface area contributed by atoms with E-state index in [1.54, 1.807) is 11.3 Å². The highest BCUT2D eigenvalue weighted by molar-refractivity contribution is 7.13. The lowest BCUT2D eigenvalue weighted by Crippen LogP contribution is -2.45. The molecule has 3 aromatic rings. The normalized spacial score (nSPS) is 15.9. The summed E-state index contributed by atoms with van der Waals surface area (Å²) in [5.74, 6) is 0. The Kier molecular flexibility index (Phi) is 5.89. The third-order valence-electron chi connectivity index (χ3n) is 5.03. The first-order valence-electron chi connectivity index (χ1n) is 9.37. The Hall–Kier alpha value is -1.72. The molecule has 0 N–H and O–H groups in total. The predicted octanol–water partition coefficient (Wildman–Crippen LogP) is 5.09. The first kappa shape index (κ1) is 18.6. The van der Waals surface area contributed by atoms with Gasteiger partial charge in [0.2, 0.25) is 0 Å². The first-order valence-corrected chi connectivity index (χ1v) is 10.6. The summed E-state index contributed by atoms with van der Waals surface area (Å²) >= 11 is 7.98. The van der Waals surface area contributed by atoms with Gasteiger partial charge >= 0.3 is 0 Å². The van der Waals surface area contributed by atoms with Gasteiger partial charge < -0.3 is 0 Å². The van der Waals surface area contributed by atoms with Gasteiger partial charge in [0.05, 0.1) is 10.7 Å². The molecule has 0 unspecified atom stereocenters. The Morgan fingerprint density at radius 2 is 1.59 bits per heavy atom. The lowest BCUT2D eigenvalue weighted by atomic mass is 10.1. The molecule has 0 bridgehead atoms. The summed E-state index contributed by atoms with van der Waals surface area (Å²) in [4.78, 5) is 9.85. The number of halogens is 1. The number of nitrogens with zero attached hydrogens (tertiary/aromatic N) is 3. The van der Waals surface area contributed by atoms with Crippen LogP contribution in [0.4, 0.5) is 0 Å². The van der Waals surface area contributed by atoms with Gasteiger partial charge in [-0.25, -0.2) is 4.98 Å². The number of benzene rings is 2. The van der Waals surface area contributed by atoms with Crippen LogP contribution in [0.5, 0.6) is 0 Å². The van der Waals surface area contributed by atoms with Crippen molar-refractivity contribution in [2.24, 2.45) is 0 Å². The molecule has 0 saturated carbocycles. The highest BCUT2D eigenvalue weighted by Gasteiger charge is 2.18. The van der Waals surface area contributed by atoms with E-state index in [1.807, 2.05) is 24.3 Å². The molecule has 0 radical (unpaired) electrons. The maximum Gasteiger partial charge on any atom is 0.125 e. The van der Waals surface area contributed by atoms with E-state index in [9.17, 15) is 0 Å². The lowest BCUT2D eigenvalue weighted by molar-refractivity contribution is 0.121. The molecule has 0 atom stereocenters. The van der Waals surface area contributed by atoms with Crippen molar-refractivity contribution >= 4 is 22.9 Å². The monoisotopic (exact) mass is 397 g/mol. The summed E-state index contributed by atoms with van der Waals surface area (Å²) in [6, 6.07) is 16.8. The van der Waals surface area contributed by atoms with Crippen molar-refractivity contribution in [3.63, 3.8) is 0 Å². The van der Waals surface area contributed by atoms with Crippen LogP contribution in [-0.4, -0.2) is 41.0 Å². The minimum Gasteiger partial charge on any atom is -0.297 e. The Morgan fingerprint density at radius 1 is 0.926 bits per heavy atom. The van der Waals surface area contributed by atoms with Crippen LogP contribution < -0.4 is 0 Å². The Bertz CT molecular complexity index is 883. The van der Waals surface area contributed by atoms with Gasteiger partial charge in [-0.15, -0.1) is 11.3 Å². The van der Waals surface area contributed by atoms with Crippen LogP contribution in [0.3, 0.4) is 0 Å². The lowest BCUT2D eigenvalue weighted by Gasteiger charge is -2.34. The molecular weight excluding hydrogens is 374 g/mol. The minimum absolute atomic E-state index is 0.767. The second kappa shape index (κ2) is 8.53. The van der Waals surface area contributed by atoms with Crippen LogP contribution in [0.25, 0.3) is 10.6 Å². The van der Waals surface area contributed by atoms with Crippen LogP contribution in [0, 0.1) is 6.92 Å². The molecular formula is C22H24ClN3S. The van der Waals surface area contributed by atoms with Gasteiger partial charge in [0.1, 0.15) is 5.01 Å². The van der Waals surface area contributed by atoms with Crippen molar-refractivity contribution in [3.8, 4) is 10.6 Å². The molecule has 4 rings (SSSR count). The fraction of sp³-hybridized carbons (Fsp3) is 0.318. The fourth-order valence-corrected chi connectivity index (χ4v) is 4.56. The molecule has 1 fully saturated rings. The fourth-order valence-electron chi connectivity index (χ4n) is 3.42. The summed E-state index contributed by atoms with van der Waals surface area (Å²) in [7, 11) is 0. The first-order chi connectivity index (χ1) is 13.2. The van der Waals surface area contributed by atoms with Crippen LogP contribution in [0.1, 0.15) is 16.8 Å². The SMILES string of the molecule is Cc1ccc(CN2CCN(Cc3csc(-c4ccccc4Cl)n3)CC2)cc1. The maximum atomic E-state index is 6.30. The van der Waals surface area contributed by atoms with Crippen molar-refractivity contribution in [3.05, 3.63) is 75.8 Å². The third kappa shape index (κ3) is 4.77. The zero-order valence-electron chi connectivity index (χ0n) is 15.6. The average molecular weight is 398 g/mol. The van der Waals surface area contributed by atoms with Crippen LogP contribution in [0.15, 0.2) is 53.9 Å². The van der Waals surface area contributed by atoms with Crippen LogP contribution in [0.2, 0.25) is 5.02 Å². The smallest absolute Gasteiger partial charge is 0.125 e. The zero-order chi connectivity index (χ0) is 18.6. The molecule has 1 aromatic heterocycles.